The van der Waals surface area contributed by atoms with Crippen molar-refractivity contribution >= 4 is 15.9 Å². The van der Waals surface area contributed by atoms with Crippen molar-refractivity contribution in [3.05, 3.63) is 34.3 Å². The molecule has 0 aliphatic heterocycles. The largest absolute Gasteiger partial charge is 0.302 e. The number of rotatable bonds is 8. The van der Waals surface area contributed by atoms with E-state index in [2.05, 4.69) is 51.3 Å². The van der Waals surface area contributed by atoms with E-state index in [1.807, 2.05) is 12.1 Å². The summed E-state index contributed by atoms with van der Waals surface area (Å²) < 4.78 is 1.10. The van der Waals surface area contributed by atoms with Crippen LogP contribution < -0.4 is 16.3 Å². The van der Waals surface area contributed by atoms with Crippen LogP contribution in [-0.2, 0) is 4.84 Å². The number of hydrogen-bond donors (Lipinski definition) is 3. The van der Waals surface area contributed by atoms with Gasteiger partial charge in [-0.25, -0.2) is 5.48 Å². The predicted molar refractivity (Wildman–Crippen MR) is 73.3 cm³/mol. The summed E-state index contributed by atoms with van der Waals surface area (Å²) in [7, 11) is 1.76. The van der Waals surface area contributed by atoms with Gasteiger partial charge in [0.2, 0.25) is 0 Å². The van der Waals surface area contributed by atoms with Crippen LogP contribution in [0.1, 0.15) is 24.9 Å². The van der Waals surface area contributed by atoms with Gasteiger partial charge in [-0.1, -0.05) is 28.1 Å². The SMILES string of the molecule is CNOCCCNNC(C)c1cccc(Br)c1. The fourth-order valence-electron chi connectivity index (χ4n) is 1.42. The molecule has 1 atom stereocenters. The monoisotopic (exact) mass is 301 g/mol. The molecule has 1 unspecified atom stereocenters. The van der Waals surface area contributed by atoms with E-state index in [0.29, 0.717) is 6.61 Å². The van der Waals surface area contributed by atoms with E-state index in [-0.39, 0.29) is 6.04 Å². The molecule has 0 bridgehead atoms. The molecule has 0 saturated carbocycles. The first-order valence-electron chi connectivity index (χ1n) is 5.76. The lowest BCUT2D eigenvalue weighted by Crippen LogP contribution is -2.35. The van der Waals surface area contributed by atoms with Gasteiger partial charge in [-0.2, -0.15) is 0 Å². The second-order valence-corrected chi connectivity index (χ2v) is 4.67. The lowest BCUT2D eigenvalue weighted by Gasteiger charge is -2.15. The average molecular weight is 302 g/mol. The van der Waals surface area contributed by atoms with Crippen LogP contribution >= 0.6 is 15.9 Å². The first-order chi connectivity index (χ1) is 8.24. The molecule has 0 fully saturated rings. The minimum absolute atomic E-state index is 0.276. The highest BCUT2D eigenvalue weighted by molar-refractivity contribution is 9.10. The van der Waals surface area contributed by atoms with Gasteiger partial charge in [-0.05, 0) is 31.0 Å². The van der Waals surface area contributed by atoms with Crippen LogP contribution in [0.25, 0.3) is 0 Å². The van der Waals surface area contributed by atoms with Crippen LogP contribution in [0.2, 0.25) is 0 Å². The maximum absolute atomic E-state index is 5.02. The van der Waals surface area contributed by atoms with E-state index in [9.17, 15) is 0 Å². The van der Waals surface area contributed by atoms with Gasteiger partial charge in [0, 0.05) is 24.1 Å². The van der Waals surface area contributed by atoms with E-state index in [0.717, 1.165) is 17.4 Å². The zero-order valence-corrected chi connectivity index (χ0v) is 11.9. The normalized spacial score (nSPS) is 12.6. The molecule has 1 rings (SSSR count). The van der Waals surface area contributed by atoms with Gasteiger partial charge >= 0.3 is 0 Å². The van der Waals surface area contributed by atoms with E-state index in [1.165, 1.54) is 5.56 Å². The molecule has 96 valence electrons. The van der Waals surface area contributed by atoms with Gasteiger partial charge in [-0.3, -0.25) is 10.9 Å². The second-order valence-electron chi connectivity index (χ2n) is 3.75. The van der Waals surface area contributed by atoms with Crippen LogP contribution in [0.4, 0.5) is 0 Å². The van der Waals surface area contributed by atoms with Gasteiger partial charge in [-0.15, -0.1) is 0 Å². The minimum atomic E-state index is 0.276. The maximum Gasteiger partial charge on any atom is 0.0694 e. The lowest BCUT2D eigenvalue weighted by molar-refractivity contribution is 0.0558. The Morgan fingerprint density at radius 2 is 2.24 bits per heavy atom. The van der Waals surface area contributed by atoms with Crippen LogP contribution in [-0.4, -0.2) is 20.2 Å². The summed E-state index contributed by atoms with van der Waals surface area (Å²) >= 11 is 3.47. The Bertz CT molecular complexity index is 322. The highest BCUT2D eigenvalue weighted by Crippen LogP contribution is 2.17. The third-order valence-corrected chi connectivity index (χ3v) is 2.85. The van der Waals surface area contributed by atoms with Crippen molar-refractivity contribution in [2.75, 3.05) is 20.2 Å². The molecule has 0 aromatic heterocycles. The van der Waals surface area contributed by atoms with E-state index >= 15 is 0 Å². The van der Waals surface area contributed by atoms with Gasteiger partial charge in [0.25, 0.3) is 0 Å². The van der Waals surface area contributed by atoms with Crippen molar-refractivity contribution in [2.24, 2.45) is 0 Å². The predicted octanol–water partition coefficient (Wildman–Crippen LogP) is 2.15. The first-order valence-corrected chi connectivity index (χ1v) is 6.55. The van der Waals surface area contributed by atoms with Crippen molar-refractivity contribution in [1.82, 2.24) is 16.3 Å². The Morgan fingerprint density at radius 3 is 2.94 bits per heavy atom. The van der Waals surface area contributed by atoms with Crippen molar-refractivity contribution in [1.29, 1.82) is 0 Å². The quantitative estimate of drug-likeness (QED) is 0.508. The summed E-state index contributed by atoms with van der Waals surface area (Å²) in [5.74, 6) is 0. The maximum atomic E-state index is 5.02. The molecule has 0 spiro atoms. The molecular formula is C12H20BrN3O. The number of nitrogens with one attached hydrogen (secondary N) is 3. The molecule has 0 saturated heterocycles. The van der Waals surface area contributed by atoms with Crippen molar-refractivity contribution in [3.63, 3.8) is 0 Å². The summed E-state index contributed by atoms with van der Waals surface area (Å²) in [4.78, 5) is 5.02. The molecule has 0 aliphatic rings. The smallest absolute Gasteiger partial charge is 0.0694 e. The van der Waals surface area contributed by atoms with Crippen LogP contribution in [0.5, 0.6) is 0 Å². The van der Waals surface area contributed by atoms with Crippen LogP contribution in [0.3, 0.4) is 0 Å². The highest BCUT2D eigenvalue weighted by atomic mass is 79.9. The molecule has 5 heteroatoms. The summed E-state index contributed by atoms with van der Waals surface area (Å²) in [6.07, 6.45) is 0.957. The summed E-state index contributed by atoms with van der Waals surface area (Å²) in [6, 6.07) is 8.56. The molecule has 3 N–H and O–H groups in total. The number of hydrazine groups is 1. The first kappa shape index (κ1) is 14.6. The molecule has 1 aromatic rings. The fraction of sp³-hybridized carbons (Fsp3) is 0.500. The Labute approximate surface area is 111 Å². The highest BCUT2D eigenvalue weighted by Gasteiger charge is 2.03. The zero-order chi connectivity index (χ0) is 12.5. The Hall–Kier alpha value is -0.460. The number of hydrogen-bond acceptors (Lipinski definition) is 4. The molecule has 1 aromatic carbocycles. The van der Waals surface area contributed by atoms with E-state index in [1.54, 1.807) is 7.05 Å². The minimum Gasteiger partial charge on any atom is -0.302 e. The molecule has 17 heavy (non-hydrogen) atoms. The third kappa shape index (κ3) is 6.14. The number of hydroxylamine groups is 1. The summed E-state index contributed by atoms with van der Waals surface area (Å²) in [5.41, 5.74) is 10.3. The Balaban J connectivity index is 2.19. The molecule has 0 aliphatic carbocycles. The standard InChI is InChI=1S/C12H20BrN3O/c1-10(11-5-3-6-12(13)9-11)16-15-7-4-8-17-14-2/h3,5-6,9-10,14-16H,4,7-8H2,1-2H3. The molecule has 4 nitrogen and oxygen atoms in total. The van der Waals surface area contributed by atoms with E-state index in [4.69, 9.17) is 4.84 Å². The molecule has 0 amide bonds. The van der Waals surface area contributed by atoms with Gasteiger partial charge in [0.15, 0.2) is 0 Å². The zero-order valence-electron chi connectivity index (χ0n) is 10.3. The van der Waals surface area contributed by atoms with Crippen molar-refractivity contribution in [2.45, 2.75) is 19.4 Å². The van der Waals surface area contributed by atoms with Crippen molar-refractivity contribution in [3.8, 4) is 0 Å². The third-order valence-electron chi connectivity index (χ3n) is 2.36. The van der Waals surface area contributed by atoms with Crippen molar-refractivity contribution < 1.29 is 4.84 Å². The van der Waals surface area contributed by atoms with Crippen LogP contribution in [0, 0.1) is 0 Å². The van der Waals surface area contributed by atoms with Gasteiger partial charge in [0.05, 0.1) is 6.61 Å². The summed E-state index contributed by atoms with van der Waals surface area (Å²) in [5, 5.41) is 0. The van der Waals surface area contributed by atoms with E-state index < -0.39 is 0 Å². The average Bonchev–Trinajstić information content (AvgIpc) is 2.33. The van der Waals surface area contributed by atoms with Gasteiger partial charge in [0.1, 0.15) is 0 Å². The molecule has 0 radical (unpaired) electrons. The number of benzene rings is 1. The number of halogens is 1. The Morgan fingerprint density at radius 1 is 1.41 bits per heavy atom. The Kier molecular flexibility index (Phi) is 7.39. The lowest BCUT2D eigenvalue weighted by atomic mass is 10.1. The summed E-state index contributed by atoms with van der Waals surface area (Å²) in [6.45, 7) is 3.70. The fourth-order valence-corrected chi connectivity index (χ4v) is 1.84. The molecular weight excluding hydrogens is 282 g/mol. The topological polar surface area (TPSA) is 45.3 Å². The second kappa shape index (κ2) is 8.60. The van der Waals surface area contributed by atoms with Crippen LogP contribution in [0.15, 0.2) is 28.7 Å². The molecule has 0 heterocycles. The van der Waals surface area contributed by atoms with Gasteiger partial charge < -0.3 is 4.84 Å².